The summed E-state index contributed by atoms with van der Waals surface area (Å²) in [5.41, 5.74) is 13.4. The normalized spacial score (nSPS) is 11.6. The van der Waals surface area contributed by atoms with Crippen molar-refractivity contribution in [3.05, 3.63) is 194 Å². The van der Waals surface area contributed by atoms with Gasteiger partial charge in [0.05, 0.1) is 33.6 Å². The Labute approximate surface area is 323 Å². The zero-order chi connectivity index (χ0) is 37.0. The zero-order valence-corrected chi connectivity index (χ0v) is 30.3. The van der Waals surface area contributed by atoms with Crippen molar-refractivity contribution >= 4 is 54.3 Å². The molecule has 0 aliphatic heterocycles. The van der Waals surface area contributed by atoms with E-state index in [-0.39, 0.29) is 0 Å². The quantitative estimate of drug-likeness (QED) is 0.132. The van der Waals surface area contributed by atoms with Gasteiger partial charge in [0, 0.05) is 50.8 Å². The van der Waals surface area contributed by atoms with Gasteiger partial charge in [-0.15, -0.1) is 0 Å². The Hall–Kier alpha value is -7.56. The molecule has 4 heteroatoms. The minimum atomic E-state index is 0.906. The minimum absolute atomic E-state index is 0.906. The molecule has 0 amide bonds. The maximum absolute atomic E-state index is 5.35. The van der Waals surface area contributed by atoms with Gasteiger partial charge in [-0.25, -0.2) is 9.97 Å². The van der Waals surface area contributed by atoms with Crippen molar-refractivity contribution in [1.82, 2.24) is 19.9 Å². The number of aromatic nitrogens is 4. The molecule has 7 aromatic carbocycles. The van der Waals surface area contributed by atoms with E-state index in [0.717, 1.165) is 77.6 Å². The van der Waals surface area contributed by atoms with Gasteiger partial charge < -0.3 is 0 Å². The molecule has 0 spiro atoms. The molecule has 0 aliphatic rings. The Morgan fingerprint density at radius 1 is 0.286 bits per heavy atom. The van der Waals surface area contributed by atoms with Crippen LogP contribution in [0.2, 0.25) is 0 Å². The lowest BCUT2D eigenvalue weighted by Crippen LogP contribution is -1.93. The molecule has 0 bridgehead atoms. The summed E-state index contributed by atoms with van der Waals surface area (Å²) in [4.78, 5) is 19.9. The second-order valence-electron chi connectivity index (χ2n) is 14.3. The Morgan fingerprint density at radius 2 is 0.929 bits per heavy atom. The molecule has 0 fully saturated rings. The van der Waals surface area contributed by atoms with E-state index in [1.165, 1.54) is 32.7 Å². The molecule has 0 unspecified atom stereocenters. The molecule has 0 atom stereocenters. The third kappa shape index (κ3) is 5.47. The van der Waals surface area contributed by atoms with E-state index in [9.17, 15) is 0 Å². The number of benzene rings is 7. The van der Waals surface area contributed by atoms with Crippen LogP contribution < -0.4 is 0 Å². The second kappa shape index (κ2) is 13.1. The highest BCUT2D eigenvalue weighted by Crippen LogP contribution is 2.39. The molecule has 0 saturated heterocycles. The van der Waals surface area contributed by atoms with Gasteiger partial charge in [-0.05, 0) is 105 Å². The van der Waals surface area contributed by atoms with Crippen LogP contribution in [0, 0.1) is 0 Å². The maximum Gasteiger partial charge on any atom is 0.0978 e. The number of para-hydroxylation sites is 1. The summed E-state index contributed by atoms with van der Waals surface area (Å²) in [7, 11) is 0. The van der Waals surface area contributed by atoms with Crippen LogP contribution in [-0.2, 0) is 0 Å². The van der Waals surface area contributed by atoms with Crippen molar-refractivity contribution in [2.75, 3.05) is 0 Å². The summed E-state index contributed by atoms with van der Waals surface area (Å²) in [6.45, 7) is 0. The predicted octanol–water partition coefficient (Wildman–Crippen LogP) is 13.4. The number of rotatable bonds is 5. The number of pyridine rings is 4. The Kier molecular flexibility index (Phi) is 7.46. The summed E-state index contributed by atoms with van der Waals surface area (Å²) in [5, 5.41) is 8.07. The molecule has 4 heterocycles. The smallest absolute Gasteiger partial charge is 0.0978 e. The first-order valence-electron chi connectivity index (χ1n) is 18.9. The standard InChI is InChI=1S/C52H32N4/c1-2-10-34(11-3-1)50-43-12-4-5-15-49(43)56-52-44(50)24-20-35-22-25-48(55-51(35)52)38-19-17-33-16-18-37-28-36(21-23-42(37)45(33)32-38)39-29-40(46-13-6-8-26-53-46)31-41(30-39)47-14-7-9-27-54-47/h1-32H. The average Bonchev–Trinajstić information content (AvgIpc) is 3.28. The lowest BCUT2D eigenvalue weighted by molar-refractivity contribution is 1.31. The topological polar surface area (TPSA) is 51.6 Å². The molecule has 11 aromatic rings. The Balaban J connectivity index is 1.04. The van der Waals surface area contributed by atoms with Gasteiger partial charge >= 0.3 is 0 Å². The highest BCUT2D eigenvalue weighted by molar-refractivity contribution is 6.16. The number of fused-ring (bicyclic) bond motifs is 7. The van der Waals surface area contributed by atoms with Crippen LogP contribution in [0.4, 0.5) is 0 Å². The van der Waals surface area contributed by atoms with Gasteiger partial charge in [-0.1, -0.05) is 115 Å². The first-order valence-corrected chi connectivity index (χ1v) is 18.9. The van der Waals surface area contributed by atoms with Crippen molar-refractivity contribution in [1.29, 1.82) is 0 Å². The summed E-state index contributed by atoms with van der Waals surface area (Å²) < 4.78 is 0. The minimum Gasteiger partial charge on any atom is -0.256 e. The van der Waals surface area contributed by atoms with Gasteiger partial charge in [-0.3, -0.25) is 9.97 Å². The van der Waals surface area contributed by atoms with Gasteiger partial charge in [-0.2, -0.15) is 0 Å². The van der Waals surface area contributed by atoms with Gasteiger partial charge in [0.15, 0.2) is 0 Å². The fourth-order valence-corrected chi connectivity index (χ4v) is 8.17. The first kappa shape index (κ1) is 31.9. The van der Waals surface area contributed by atoms with Crippen LogP contribution in [0.5, 0.6) is 0 Å². The fourth-order valence-electron chi connectivity index (χ4n) is 8.17. The van der Waals surface area contributed by atoms with E-state index in [2.05, 4.69) is 168 Å². The van der Waals surface area contributed by atoms with E-state index < -0.39 is 0 Å². The largest absolute Gasteiger partial charge is 0.256 e. The summed E-state index contributed by atoms with van der Waals surface area (Å²) in [6.07, 6.45) is 3.68. The van der Waals surface area contributed by atoms with E-state index in [1.807, 2.05) is 36.7 Å². The molecule has 56 heavy (non-hydrogen) atoms. The average molecular weight is 713 g/mol. The number of nitrogens with zero attached hydrogens (tertiary/aromatic N) is 4. The monoisotopic (exact) mass is 712 g/mol. The van der Waals surface area contributed by atoms with E-state index in [4.69, 9.17) is 9.97 Å². The molecule has 260 valence electrons. The molecule has 11 rings (SSSR count). The molecule has 0 radical (unpaired) electrons. The molecular weight excluding hydrogens is 681 g/mol. The van der Waals surface area contributed by atoms with E-state index in [0.29, 0.717) is 0 Å². The molecular formula is C52H32N4. The zero-order valence-electron chi connectivity index (χ0n) is 30.3. The lowest BCUT2D eigenvalue weighted by atomic mass is 9.93. The van der Waals surface area contributed by atoms with Crippen LogP contribution in [0.1, 0.15) is 0 Å². The summed E-state index contributed by atoms with van der Waals surface area (Å²) in [6, 6.07) is 64.3. The van der Waals surface area contributed by atoms with E-state index in [1.54, 1.807) is 0 Å². The van der Waals surface area contributed by atoms with Crippen molar-refractivity contribution in [3.63, 3.8) is 0 Å². The maximum atomic E-state index is 5.35. The van der Waals surface area contributed by atoms with E-state index >= 15 is 0 Å². The fraction of sp³-hybridized carbons (Fsp3) is 0. The van der Waals surface area contributed by atoms with Crippen LogP contribution >= 0.6 is 0 Å². The highest BCUT2D eigenvalue weighted by atomic mass is 14.8. The third-order valence-corrected chi connectivity index (χ3v) is 10.9. The molecule has 0 aliphatic carbocycles. The van der Waals surface area contributed by atoms with Crippen LogP contribution in [-0.4, -0.2) is 19.9 Å². The first-order chi connectivity index (χ1) is 27.7. The number of hydrogen-bond donors (Lipinski definition) is 0. The molecule has 0 saturated carbocycles. The number of hydrogen-bond acceptors (Lipinski definition) is 4. The van der Waals surface area contributed by atoms with Crippen molar-refractivity contribution in [2.45, 2.75) is 0 Å². The van der Waals surface area contributed by atoms with Crippen molar-refractivity contribution in [2.24, 2.45) is 0 Å². The summed E-state index contributed by atoms with van der Waals surface area (Å²) in [5.74, 6) is 0. The molecule has 4 aromatic heterocycles. The van der Waals surface area contributed by atoms with Gasteiger partial charge in [0.2, 0.25) is 0 Å². The van der Waals surface area contributed by atoms with Gasteiger partial charge in [0.1, 0.15) is 0 Å². The van der Waals surface area contributed by atoms with Crippen LogP contribution in [0.15, 0.2) is 194 Å². The van der Waals surface area contributed by atoms with Crippen LogP contribution in [0.25, 0.3) is 110 Å². The molecule has 4 nitrogen and oxygen atoms in total. The van der Waals surface area contributed by atoms with Crippen molar-refractivity contribution in [3.8, 4) is 56.0 Å². The Morgan fingerprint density at radius 3 is 1.71 bits per heavy atom. The van der Waals surface area contributed by atoms with Crippen LogP contribution in [0.3, 0.4) is 0 Å². The molecule has 0 N–H and O–H groups in total. The van der Waals surface area contributed by atoms with Crippen molar-refractivity contribution < 1.29 is 0 Å². The second-order valence-corrected chi connectivity index (χ2v) is 14.3. The highest BCUT2D eigenvalue weighted by Gasteiger charge is 2.16. The van der Waals surface area contributed by atoms with Gasteiger partial charge in [0.25, 0.3) is 0 Å². The third-order valence-electron chi connectivity index (χ3n) is 10.9. The lowest BCUT2D eigenvalue weighted by Gasteiger charge is -2.14. The predicted molar refractivity (Wildman–Crippen MR) is 232 cm³/mol. The Bertz CT molecular complexity index is 3230. The summed E-state index contributed by atoms with van der Waals surface area (Å²) >= 11 is 0. The SMILES string of the molecule is c1ccc(-c2c3ccccc3nc3c2ccc2ccc(-c4ccc5ccc6cc(-c7cc(-c8ccccn8)cc(-c8ccccn8)c7)ccc6c5c4)nc23)cc1.